The summed E-state index contributed by atoms with van der Waals surface area (Å²) in [4.78, 5) is 23.2. The van der Waals surface area contributed by atoms with E-state index in [1.807, 2.05) is 0 Å². The van der Waals surface area contributed by atoms with E-state index < -0.39 is 18.2 Å². The minimum atomic E-state index is -4.78. The molecule has 0 aliphatic carbocycles. The summed E-state index contributed by atoms with van der Waals surface area (Å²) in [5.41, 5.74) is 1.11. The van der Waals surface area contributed by atoms with E-state index in [0.29, 0.717) is 5.56 Å². The number of carbonyl (C=O) groups is 1. The second kappa shape index (κ2) is 8.37. The van der Waals surface area contributed by atoms with Crippen LogP contribution in [-0.2, 0) is 11.3 Å². The first-order valence-corrected chi connectivity index (χ1v) is 8.49. The van der Waals surface area contributed by atoms with E-state index in [-0.39, 0.29) is 30.3 Å². The van der Waals surface area contributed by atoms with Crippen LogP contribution in [0.25, 0.3) is 0 Å². The largest absolute Gasteiger partial charge is 0.573 e. The fourth-order valence-electron chi connectivity index (χ4n) is 2.20. The summed E-state index contributed by atoms with van der Waals surface area (Å²) in [6, 6.07) is 4.73. The Morgan fingerprint density at radius 3 is 2.54 bits per heavy atom. The molecule has 26 heavy (non-hydrogen) atoms. The Bertz CT molecular complexity index is 799. The lowest BCUT2D eigenvalue weighted by molar-refractivity contribution is -0.274. The molecule has 1 atom stereocenters. The van der Waals surface area contributed by atoms with Gasteiger partial charge < -0.3 is 19.7 Å². The predicted octanol–water partition coefficient (Wildman–Crippen LogP) is 2.36. The molecule has 0 fully saturated rings. The van der Waals surface area contributed by atoms with Crippen LogP contribution in [-0.4, -0.2) is 28.5 Å². The Kier molecular flexibility index (Phi) is 6.43. The molecule has 0 bridgehead atoms. The molecule has 2 aromatic rings. The van der Waals surface area contributed by atoms with Crippen LogP contribution in [0, 0.1) is 6.92 Å². The van der Waals surface area contributed by atoms with Crippen LogP contribution in [0.2, 0.25) is 0 Å². The zero-order chi connectivity index (χ0) is 19.3. The topological polar surface area (TPSA) is 80.6 Å². The molecular formula is C16H17F3N2O4S. The van der Waals surface area contributed by atoms with Crippen molar-refractivity contribution in [3.63, 3.8) is 0 Å². The van der Waals surface area contributed by atoms with Crippen molar-refractivity contribution in [2.45, 2.75) is 32.4 Å². The molecule has 1 unspecified atom stereocenters. The number of thiazole rings is 1. The Balaban J connectivity index is 1.81. The van der Waals surface area contributed by atoms with Crippen LogP contribution >= 0.6 is 11.3 Å². The summed E-state index contributed by atoms with van der Waals surface area (Å²) in [6.45, 7) is 1.90. The van der Waals surface area contributed by atoms with Gasteiger partial charge in [-0.15, -0.1) is 13.2 Å². The number of aliphatic hydroxyl groups excluding tert-OH is 1. The Morgan fingerprint density at radius 1 is 1.35 bits per heavy atom. The Labute approximate surface area is 150 Å². The number of benzene rings is 1. The molecule has 0 saturated carbocycles. The number of nitrogens with zero attached hydrogens (tertiary/aromatic N) is 1. The highest BCUT2D eigenvalue weighted by Gasteiger charge is 2.31. The van der Waals surface area contributed by atoms with Crippen LogP contribution < -0.4 is 14.9 Å². The quantitative estimate of drug-likeness (QED) is 0.761. The molecule has 0 spiro atoms. The van der Waals surface area contributed by atoms with Gasteiger partial charge in [0, 0.05) is 30.6 Å². The Hall–Kier alpha value is -2.33. The number of hydrogen-bond acceptors (Lipinski definition) is 5. The lowest BCUT2D eigenvalue weighted by atomic mass is 10.1. The van der Waals surface area contributed by atoms with E-state index in [9.17, 15) is 27.9 Å². The number of aliphatic hydroxyl groups is 1. The summed E-state index contributed by atoms with van der Waals surface area (Å²) in [7, 11) is 0. The number of halogens is 3. The van der Waals surface area contributed by atoms with Gasteiger partial charge in [-0.3, -0.25) is 9.59 Å². The molecule has 1 amide bonds. The fourth-order valence-corrected chi connectivity index (χ4v) is 2.96. The molecule has 0 aliphatic rings. The maximum atomic E-state index is 12.1. The number of aromatic nitrogens is 1. The highest BCUT2D eigenvalue weighted by atomic mass is 32.1. The van der Waals surface area contributed by atoms with E-state index in [1.165, 1.54) is 16.7 Å². The van der Waals surface area contributed by atoms with Crippen molar-refractivity contribution in [1.29, 1.82) is 0 Å². The van der Waals surface area contributed by atoms with Gasteiger partial charge in [0.2, 0.25) is 5.91 Å². The van der Waals surface area contributed by atoms with Gasteiger partial charge >= 0.3 is 11.2 Å². The molecule has 6 nitrogen and oxygen atoms in total. The minimum Gasteiger partial charge on any atom is -0.406 e. The van der Waals surface area contributed by atoms with E-state index >= 15 is 0 Å². The highest BCUT2D eigenvalue weighted by molar-refractivity contribution is 7.07. The molecule has 0 aliphatic heterocycles. The van der Waals surface area contributed by atoms with Crippen LogP contribution in [0.3, 0.4) is 0 Å². The number of nitrogens with one attached hydrogen (secondary N) is 1. The summed E-state index contributed by atoms with van der Waals surface area (Å²) in [5.74, 6) is -0.743. The molecule has 2 N–H and O–H groups in total. The third kappa shape index (κ3) is 5.88. The number of alkyl halides is 3. The number of amides is 1. The van der Waals surface area contributed by atoms with Crippen molar-refractivity contribution < 1.29 is 27.8 Å². The molecule has 2 rings (SSSR count). The van der Waals surface area contributed by atoms with Crippen molar-refractivity contribution >= 4 is 17.2 Å². The van der Waals surface area contributed by atoms with Crippen molar-refractivity contribution in [2.24, 2.45) is 0 Å². The second-order valence-electron chi connectivity index (χ2n) is 5.48. The average molecular weight is 390 g/mol. The van der Waals surface area contributed by atoms with E-state index in [2.05, 4.69) is 10.1 Å². The average Bonchev–Trinajstić information content (AvgIpc) is 2.88. The summed E-state index contributed by atoms with van der Waals surface area (Å²) in [6.07, 6.45) is -5.79. The maximum Gasteiger partial charge on any atom is 0.573 e. The Morgan fingerprint density at radius 2 is 2.00 bits per heavy atom. The highest BCUT2D eigenvalue weighted by Crippen LogP contribution is 2.24. The zero-order valence-corrected chi connectivity index (χ0v) is 14.6. The van der Waals surface area contributed by atoms with Crippen molar-refractivity contribution in [3.05, 3.63) is 50.6 Å². The number of ether oxygens (including phenoxy) is 1. The number of aryl methyl sites for hydroxylation is 1. The van der Waals surface area contributed by atoms with Gasteiger partial charge in [0.1, 0.15) is 5.75 Å². The van der Waals surface area contributed by atoms with Crippen molar-refractivity contribution in [3.8, 4) is 5.75 Å². The lowest BCUT2D eigenvalue weighted by Gasteiger charge is -2.14. The van der Waals surface area contributed by atoms with Gasteiger partial charge in [-0.05, 0) is 24.6 Å². The van der Waals surface area contributed by atoms with Crippen LogP contribution in [0.15, 0.2) is 34.4 Å². The third-order valence-corrected chi connectivity index (χ3v) is 4.41. The van der Waals surface area contributed by atoms with Gasteiger partial charge in [0.15, 0.2) is 0 Å². The smallest absolute Gasteiger partial charge is 0.406 e. The maximum absolute atomic E-state index is 12.1. The lowest BCUT2D eigenvalue weighted by Crippen LogP contribution is -2.30. The van der Waals surface area contributed by atoms with E-state index in [4.69, 9.17) is 0 Å². The molecule has 1 aromatic carbocycles. The summed E-state index contributed by atoms with van der Waals surface area (Å²) in [5, 5.41) is 14.2. The van der Waals surface area contributed by atoms with Crippen LogP contribution in [0.5, 0.6) is 5.75 Å². The molecule has 1 aromatic heterocycles. The van der Waals surface area contributed by atoms with Gasteiger partial charge in [0.25, 0.3) is 0 Å². The van der Waals surface area contributed by atoms with E-state index in [1.54, 1.807) is 12.3 Å². The summed E-state index contributed by atoms with van der Waals surface area (Å²) < 4.78 is 41.5. The number of carbonyl (C=O) groups excluding carboxylic acids is 1. The van der Waals surface area contributed by atoms with Crippen molar-refractivity contribution in [1.82, 2.24) is 9.88 Å². The monoisotopic (exact) mass is 390 g/mol. The molecule has 1 heterocycles. The number of rotatable bonds is 7. The summed E-state index contributed by atoms with van der Waals surface area (Å²) >= 11 is 1.06. The number of hydrogen-bond donors (Lipinski definition) is 2. The van der Waals surface area contributed by atoms with Crippen LogP contribution in [0.4, 0.5) is 13.2 Å². The SMILES string of the molecule is Cc1csc(=O)n1CCC(=O)NCC(O)c1ccc(OC(F)(F)F)cc1. The second-order valence-corrected chi connectivity index (χ2v) is 6.30. The van der Waals surface area contributed by atoms with Gasteiger partial charge in [-0.1, -0.05) is 23.5 Å². The first-order chi connectivity index (χ1) is 12.2. The molecular weight excluding hydrogens is 373 g/mol. The first-order valence-electron chi connectivity index (χ1n) is 7.61. The van der Waals surface area contributed by atoms with E-state index in [0.717, 1.165) is 29.2 Å². The minimum absolute atomic E-state index is 0.0720. The normalized spacial score (nSPS) is 12.7. The van der Waals surface area contributed by atoms with Crippen molar-refractivity contribution in [2.75, 3.05) is 6.54 Å². The molecule has 0 radical (unpaired) electrons. The molecule has 10 heteroatoms. The van der Waals surface area contributed by atoms with Gasteiger partial charge in [-0.25, -0.2) is 0 Å². The molecule has 142 valence electrons. The third-order valence-electron chi connectivity index (χ3n) is 3.53. The fraction of sp³-hybridized carbons (Fsp3) is 0.375. The predicted molar refractivity (Wildman–Crippen MR) is 89.0 cm³/mol. The van der Waals surface area contributed by atoms with Gasteiger partial charge in [-0.2, -0.15) is 0 Å². The first kappa shape index (κ1) is 20.0. The van der Waals surface area contributed by atoms with Gasteiger partial charge in [0.05, 0.1) is 6.10 Å². The zero-order valence-electron chi connectivity index (χ0n) is 13.7. The molecule has 0 saturated heterocycles. The van der Waals surface area contributed by atoms with Crippen LogP contribution in [0.1, 0.15) is 23.8 Å². The standard InChI is InChI=1S/C16H17F3N2O4S/c1-10-9-26-15(24)21(10)7-6-14(23)20-8-13(22)11-2-4-12(5-3-11)25-16(17,18)19/h2-5,9,13,22H,6-8H2,1H3,(H,20,23).